The number of thiophene rings is 2. The molecule has 4 heteroatoms. The zero-order valence-corrected chi connectivity index (χ0v) is 10.4. The second-order valence-corrected chi connectivity index (χ2v) is 5.10. The van der Waals surface area contributed by atoms with E-state index in [-0.39, 0.29) is 5.91 Å². The molecule has 2 heterocycles. The molecule has 0 radical (unpaired) electrons. The Morgan fingerprint density at radius 2 is 1.81 bits per heavy atom. The number of hydrogen-bond donors (Lipinski definition) is 1. The van der Waals surface area contributed by atoms with Gasteiger partial charge < -0.3 is 5.32 Å². The smallest absolute Gasteiger partial charge is 0.224 e. The molecule has 0 aliphatic carbocycles. The third kappa shape index (κ3) is 3.47. The minimum atomic E-state index is 0.105. The lowest BCUT2D eigenvalue weighted by Crippen LogP contribution is -2.26. The Bertz CT molecular complexity index is 420. The van der Waals surface area contributed by atoms with Crippen molar-refractivity contribution in [2.75, 3.05) is 6.54 Å². The van der Waals surface area contributed by atoms with Crippen LogP contribution in [0.5, 0.6) is 0 Å². The minimum Gasteiger partial charge on any atom is -0.355 e. The molecule has 2 rings (SSSR count). The SMILES string of the molecule is O=C(Cc1ccsc1)NCCc1ccsc1. The lowest BCUT2D eigenvalue weighted by molar-refractivity contribution is -0.120. The summed E-state index contributed by atoms with van der Waals surface area (Å²) in [4.78, 5) is 11.5. The average Bonchev–Trinajstić information content (AvgIpc) is 2.90. The molecular weight excluding hydrogens is 238 g/mol. The van der Waals surface area contributed by atoms with Crippen LogP contribution in [-0.2, 0) is 17.6 Å². The molecule has 1 N–H and O–H groups in total. The molecule has 2 aromatic heterocycles. The van der Waals surface area contributed by atoms with Gasteiger partial charge in [0.05, 0.1) is 6.42 Å². The molecule has 0 aliphatic rings. The fourth-order valence-electron chi connectivity index (χ4n) is 1.42. The summed E-state index contributed by atoms with van der Waals surface area (Å²) in [5, 5.41) is 11.1. The first-order valence-corrected chi connectivity index (χ1v) is 7.02. The number of carbonyl (C=O) groups excluding carboxylic acids is 1. The molecule has 16 heavy (non-hydrogen) atoms. The Morgan fingerprint density at radius 3 is 2.44 bits per heavy atom. The molecule has 0 saturated heterocycles. The molecule has 0 aliphatic heterocycles. The van der Waals surface area contributed by atoms with E-state index < -0.39 is 0 Å². The van der Waals surface area contributed by atoms with E-state index >= 15 is 0 Å². The van der Waals surface area contributed by atoms with Crippen molar-refractivity contribution in [2.45, 2.75) is 12.8 Å². The van der Waals surface area contributed by atoms with Crippen LogP contribution in [0, 0.1) is 0 Å². The third-order valence-electron chi connectivity index (χ3n) is 2.26. The maximum atomic E-state index is 11.5. The van der Waals surface area contributed by atoms with Gasteiger partial charge in [0.2, 0.25) is 5.91 Å². The van der Waals surface area contributed by atoms with Crippen LogP contribution in [0.25, 0.3) is 0 Å². The van der Waals surface area contributed by atoms with Gasteiger partial charge >= 0.3 is 0 Å². The first kappa shape index (κ1) is 11.4. The van der Waals surface area contributed by atoms with Crippen LogP contribution in [0.15, 0.2) is 33.7 Å². The van der Waals surface area contributed by atoms with Crippen LogP contribution in [0.2, 0.25) is 0 Å². The molecule has 0 bridgehead atoms. The Labute approximate surface area is 103 Å². The van der Waals surface area contributed by atoms with E-state index in [9.17, 15) is 4.79 Å². The predicted molar refractivity (Wildman–Crippen MR) is 69.1 cm³/mol. The van der Waals surface area contributed by atoms with Gasteiger partial charge in [-0.25, -0.2) is 0 Å². The molecule has 1 amide bonds. The molecule has 0 fully saturated rings. The zero-order chi connectivity index (χ0) is 11.2. The number of rotatable bonds is 5. The minimum absolute atomic E-state index is 0.105. The Hall–Kier alpha value is -1.13. The van der Waals surface area contributed by atoms with Gasteiger partial charge in [-0.05, 0) is 51.2 Å². The quantitative estimate of drug-likeness (QED) is 0.870. The van der Waals surface area contributed by atoms with Crippen LogP contribution < -0.4 is 5.32 Å². The molecule has 0 spiro atoms. The first-order valence-electron chi connectivity index (χ1n) is 5.13. The maximum Gasteiger partial charge on any atom is 0.224 e. The van der Waals surface area contributed by atoms with Crippen molar-refractivity contribution >= 4 is 28.6 Å². The predicted octanol–water partition coefficient (Wildman–Crippen LogP) is 2.71. The van der Waals surface area contributed by atoms with Gasteiger partial charge in [-0.2, -0.15) is 22.7 Å². The standard InChI is InChI=1S/C12H13NOS2/c14-12(7-11-3-6-16-9-11)13-4-1-10-2-5-15-8-10/h2-3,5-6,8-9H,1,4,7H2,(H,13,14). The highest BCUT2D eigenvalue weighted by atomic mass is 32.1. The molecule has 0 aromatic carbocycles. The molecule has 0 atom stereocenters. The Kier molecular flexibility index (Phi) is 4.13. The fraction of sp³-hybridized carbons (Fsp3) is 0.250. The van der Waals surface area contributed by atoms with Gasteiger partial charge in [0.15, 0.2) is 0 Å². The summed E-state index contributed by atoms with van der Waals surface area (Å²) < 4.78 is 0. The zero-order valence-electron chi connectivity index (χ0n) is 8.81. The van der Waals surface area contributed by atoms with Gasteiger partial charge in [0.1, 0.15) is 0 Å². The largest absolute Gasteiger partial charge is 0.355 e. The number of carbonyl (C=O) groups is 1. The number of amides is 1. The molecule has 84 valence electrons. The van der Waals surface area contributed by atoms with Gasteiger partial charge in [-0.3, -0.25) is 4.79 Å². The van der Waals surface area contributed by atoms with Crippen molar-refractivity contribution in [3.63, 3.8) is 0 Å². The van der Waals surface area contributed by atoms with Crippen LogP contribution in [0.4, 0.5) is 0 Å². The summed E-state index contributed by atoms with van der Waals surface area (Å²) in [5.74, 6) is 0.105. The second kappa shape index (κ2) is 5.82. The monoisotopic (exact) mass is 251 g/mol. The number of nitrogens with one attached hydrogen (secondary N) is 1. The van der Waals surface area contributed by atoms with Gasteiger partial charge in [-0.15, -0.1) is 0 Å². The normalized spacial score (nSPS) is 10.2. The van der Waals surface area contributed by atoms with E-state index in [2.05, 4.69) is 22.1 Å². The molecule has 2 aromatic rings. The molecule has 0 unspecified atom stereocenters. The summed E-state index contributed by atoms with van der Waals surface area (Å²) in [5.41, 5.74) is 2.39. The second-order valence-electron chi connectivity index (χ2n) is 3.54. The molecular formula is C12H13NOS2. The van der Waals surface area contributed by atoms with Gasteiger partial charge in [0.25, 0.3) is 0 Å². The van der Waals surface area contributed by atoms with Crippen molar-refractivity contribution in [2.24, 2.45) is 0 Å². The van der Waals surface area contributed by atoms with E-state index in [1.54, 1.807) is 22.7 Å². The highest BCUT2D eigenvalue weighted by Gasteiger charge is 2.02. The summed E-state index contributed by atoms with van der Waals surface area (Å²) in [6.07, 6.45) is 1.41. The van der Waals surface area contributed by atoms with E-state index in [0.29, 0.717) is 6.42 Å². The summed E-state index contributed by atoms with van der Waals surface area (Å²) in [6.45, 7) is 0.722. The van der Waals surface area contributed by atoms with E-state index in [0.717, 1.165) is 18.5 Å². The highest BCUT2D eigenvalue weighted by Crippen LogP contribution is 2.07. The Balaban J connectivity index is 1.68. The van der Waals surface area contributed by atoms with Crippen LogP contribution in [0.1, 0.15) is 11.1 Å². The van der Waals surface area contributed by atoms with Crippen LogP contribution in [0.3, 0.4) is 0 Å². The number of hydrogen-bond acceptors (Lipinski definition) is 3. The summed E-state index contributed by atoms with van der Waals surface area (Å²) in [6, 6.07) is 4.08. The lowest BCUT2D eigenvalue weighted by atomic mass is 10.2. The van der Waals surface area contributed by atoms with Crippen molar-refractivity contribution in [3.05, 3.63) is 44.8 Å². The molecule has 0 saturated carbocycles. The average molecular weight is 251 g/mol. The Morgan fingerprint density at radius 1 is 1.12 bits per heavy atom. The van der Waals surface area contributed by atoms with Gasteiger partial charge in [-0.1, -0.05) is 0 Å². The van der Waals surface area contributed by atoms with Crippen molar-refractivity contribution in [1.29, 1.82) is 0 Å². The van der Waals surface area contributed by atoms with Crippen molar-refractivity contribution in [1.82, 2.24) is 5.32 Å². The highest BCUT2D eigenvalue weighted by molar-refractivity contribution is 7.08. The molecule has 2 nitrogen and oxygen atoms in total. The maximum absolute atomic E-state index is 11.5. The lowest BCUT2D eigenvalue weighted by Gasteiger charge is -2.02. The first-order chi connectivity index (χ1) is 7.84. The van der Waals surface area contributed by atoms with E-state index in [1.165, 1.54) is 5.56 Å². The fourth-order valence-corrected chi connectivity index (χ4v) is 2.79. The third-order valence-corrected chi connectivity index (χ3v) is 3.72. The topological polar surface area (TPSA) is 29.1 Å². The summed E-state index contributed by atoms with van der Waals surface area (Å²) in [7, 11) is 0. The van der Waals surface area contributed by atoms with Crippen LogP contribution in [-0.4, -0.2) is 12.5 Å². The van der Waals surface area contributed by atoms with Crippen molar-refractivity contribution in [3.8, 4) is 0 Å². The van der Waals surface area contributed by atoms with E-state index in [4.69, 9.17) is 0 Å². The summed E-state index contributed by atoms with van der Waals surface area (Å²) >= 11 is 3.32. The van der Waals surface area contributed by atoms with E-state index in [1.807, 2.05) is 16.8 Å². The van der Waals surface area contributed by atoms with Gasteiger partial charge in [0, 0.05) is 6.54 Å². The van der Waals surface area contributed by atoms with Crippen molar-refractivity contribution < 1.29 is 4.79 Å². The van der Waals surface area contributed by atoms with Crippen LogP contribution >= 0.6 is 22.7 Å².